The molecule has 258 valence electrons. The van der Waals surface area contributed by atoms with Crippen molar-refractivity contribution in [2.24, 2.45) is 11.8 Å². The average molecular weight is 669 g/mol. The molecule has 2 aromatic rings. The molecular formula is C32H41BN4O11. The molecule has 4 N–H and O–H groups in total. The molecule has 2 aliphatic rings. The topological polar surface area (TPSA) is 210 Å². The van der Waals surface area contributed by atoms with Gasteiger partial charge in [-0.05, 0) is 31.4 Å². The van der Waals surface area contributed by atoms with E-state index < -0.39 is 84.1 Å². The van der Waals surface area contributed by atoms with Gasteiger partial charge in [0.2, 0.25) is 5.91 Å². The fourth-order valence-electron chi connectivity index (χ4n) is 6.62. The van der Waals surface area contributed by atoms with Crippen LogP contribution < -0.4 is 5.32 Å². The highest BCUT2D eigenvalue weighted by molar-refractivity contribution is 6.68. The molecule has 0 aliphatic carbocycles. The number of hydrogen-bond donors (Lipinski definition) is 4. The first kappa shape index (κ1) is 36.2. The Bertz CT molecular complexity index is 1520. The molecule has 0 spiro atoms. The number of carboxylic acids is 2. The molecule has 3 heterocycles. The zero-order chi connectivity index (χ0) is 35.2. The first-order valence-corrected chi connectivity index (χ1v) is 15.8. The van der Waals surface area contributed by atoms with Crippen LogP contribution in [0, 0.1) is 11.8 Å². The van der Waals surface area contributed by atoms with E-state index in [1.807, 2.05) is 44.2 Å². The number of pyridine rings is 1. The maximum Gasteiger partial charge on any atom is 0.605 e. The van der Waals surface area contributed by atoms with Crippen LogP contribution in [-0.2, 0) is 33.3 Å². The number of aromatic nitrogens is 1. The minimum atomic E-state index is -2.97. The van der Waals surface area contributed by atoms with E-state index in [4.69, 9.17) is 9.31 Å². The van der Waals surface area contributed by atoms with E-state index in [1.165, 1.54) is 13.0 Å². The van der Waals surface area contributed by atoms with Gasteiger partial charge in [0.05, 0.1) is 43.3 Å². The maximum atomic E-state index is 13.9. The molecule has 2 saturated heterocycles. The number of hydrogen-bond acceptors (Lipinski definition) is 11. The highest BCUT2D eigenvalue weighted by atomic mass is 16.7. The van der Waals surface area contributed by atoms with Crippen LogP contribution in [0.2, 0.25) is 0 Å². The van der Waals surface area contributed by atoms with Gasteiger partial charge in [0.1, 0.15) is 18.8 Å². The van der Waals surface area contributed by atoms with Gasteiger partial charge < -0.3 is 34.3 Å². The van der Waals surface area contributed by atoms with Gasteiger partial charge in [-0.25, -0.2) is 4.98 Å². The van der Waals surface area contributed by atoms with Crippen LogP contribution in [0.4, 0.5) is 0 Å². The Balaban J connectivity index is 1.60. The molecule has 0 radical (unpaired) electrons. The number of carboxylic acid groups (broad SMARTS) is 2. The highest BCUT2D eigenvalue weighted by Gasteiger charge is 2.71. The Morgan fingerprint density at radius 1 is 0.938 bits per heavy atom. The number of aliphatic hydroxyl groups is 1. The van der Waals surface area contributed by atoms with E-state index in [0.717, 1.165) is 10.5 Å². The lowest BCUT2D eigenvalue weighted by molar-refractivity contribution is -0.816. The first-order chi connectivity index (χ1) is 22.6. The van der Waals surface area contributed by atoms with Crippen LogP contribution >= 0.6 is 0 Å². The quantitative estimate of drug-likeness (QED) is 0.136. The molecule has 1 amide bonds. The second-order valence-corrected chi connectivity index (χ2v) is 13.0. The lowest BCUT2D eigenvalue weighted by atomic mass is 9.57. The molecule has 2 fully saturated rings. The molecule has 15 nitrogen and oxygen atoms in total. The minimum absolute atomic E-state index is 0.0930. The number of benzene rings is 1. The number of nitrogens with one attached hydrogen (secondary N) is 1. The summed E-state index contributed by atoms with van der Waals surface area (Å²) < 4.78 is 11.2. The summed E-state index contributed by atoms with van der Waals surface area (Å²) in [7, 11) is 0. The van der Waals surface area contributed by atoms with Crippen LogP contribution in [0.25, 0.3) is 11.3 Å². The average Bonchev–Trinajstić information content (AvgIpc) is 3.43. The fourth-order valence-corrected chi connectivity index (χ4v) is 6.62. The molecule has 3 atom stereocenters. The number of quaternary nitrogens is 1. The van der Waals surface area contributed by atoms with Gasteiger partial charge in [-0.3, -0.25) is 33.7 Å². The van der Waals surface area contributed by atoms with E-state index in [-0.39, 0.29) is 44.2 Å². The summed E-state index contributed by atoms with van der Waals surface area (Å²) in [6, 6.07) is 14.2. The van der Waals surface area contributed by atoms with Gasteiger partial charge in [0, 0.05) is 18.5 Å². The molecule has 2 aliphatic heterocycles. The number of aliphatic carboxylic acids is 2. The first-order valence-electron chi connectivity index (χ1n) is 15.8. The number of carbonyl (C=O) groups is 6. The molecule has 16 heteroatoms. The third-order valence-corrected chi connectivity index (χ3v) is 8.82. The highest BCUT2D eigenvalue weighted by Crippen LogP contribution is 2.40. The van der Waals surface area contributed by atoms with E-state index in [0.29, 0.717) is 5.69 Å². The molecule has 1 aromatic heterocycles. The van der Waals surface area contributed by atoms with Crippen LogP contribution in [0.3, 0.4) is 0 Å². The van der Waals surface area contributed by atoms with E-state index in [2.05, 4.69) is 10.3 Å². The van der Waals surface area contributed by atoms with Crippen molar-refractivity contribution in [2.75, 3.05) is 39.3 Å². The monoisotopic (exact) mass is 668 g/mol. The molecule has 4 rings (SSSR count). The molecule has 0 saturated carbocycles. The number of rotatable bonds is 17. The predicted molar refractivity (Wildman–Crippen MR) is 170 cm³/mol. The largest absolute Gasteiger partial charge is 0.605 e. The Morgan fingerprint density at radius 2 is 1.54 bits per heavy atom. The van der Waals surface area contributed by atoms with Crippen LogP contribution in [-0.4, -0.2) is 123 Å². The van der Waals surface area contributed by atoms with Crippen molar-refractivity contribution in [1.29, 1.82) is 0 Å². The summed E-state index contributed by atoms with van der Waals surface area (Å²) in [6.07, 6.45) is -1.52. The normalized spacial score (nSPS) is 22.0. The van der Waals surface area contributed by atoms with Crippen LogP contribution in [0.1, 0.15) is 44.1 Å². The summed E-state index contributed by atoms with van der Waals surface area (Å²) in [5.74, 6) is -7.62. The van der Waals surface area contributed by atoms with E-state index in [9.17, 15) is 44.1 Å². The second kappa shape index (κ2) is 15.0. The van der Waals surface area contributed by atoms with Gasteiger partial charge in [-0.15, -0.1) is 0 Å². The number of nitrogens with zero attached hydrogens (tertiary/aromatic N) is 3. The zero-order valence-electron chi connectivity index (χ0n) is 27.1. The van der Waals surface area contributed by atoms with Crippen molar-refractivity contribution >= 4 is 42.3 Å². The van der Waals surface area contributed by atoms with Crippen molar-refractivity contribution in [3.05, 3.63) is 54.2 Å². The van der Waals surface area contributed by atoms with Gasteiger partial charge in [0.25, 0.3) is 0 Å². The molecule has 1 aromatic carbocycles. The lowest BCUT2D eigenvalue weighted by Gasteiger charge is -2.48. The number of ketones is 1. The summed E-state index contributed by atoms with van der Waals surface area (Å²) >= 11 is 0. The Labute approximate surface area is 277 Å². The number of carbonyl (C=O) groups excluding carboxylic acids is 4. The van der Waals surface area contributed by atoms with Gasteiger partial charge >= 0.3 is 30.6 Å². The number of Topliss-reactive ketones (excluding diaryl/α,β-unsaturated/α-hetero) is 1. The molecule has 48 heavy (non-hydrogen) atoms. The van der Waals surface area contributed by atoms with E-state index in [1.54, 1.807) is 12.1 Å². The lowest BCUT2D eigenvalue weighted by Crippen LogP contribution is -2.74. The third-order valence-electron chi connectivity index (χ3n) is 8.82. The summed E-state index contributed by atoms with van der Waals surface area (Å²) in [5, 5.41) is 32.1. The Morgan fingerprint density at radius 3 is 2.08 bits per heavy atom. The number of aliphatic hydroxyl groups excluding tert-OH is 1. The summed E-state index contributed by atoms with van der Waals surface area (Å²) in [4.78, 5) is 81.5. The Kier molecular flexibility index (Phi) is 11.3. The van der Waals surface area contributed by atoms with Crippen molar-refractivity contribution in [3.8, 4) is 11.3 Å². The minimum Gasteiger partial charge on any atom is -0.599 e. The van der Waals surface area contributed by atoms with Crippen molar-refractivity contribution in [1.82, 2.24) is 15.2 Å². The number of amides is 1. The van der Waals surface area contributed by atoms with Crippen molar-refractivity contribution in [2.45, 2.75) is 45.7 Å². The van der Waals surface area contributed by atoms with E-state index >= 15 is 0 Å². The van der Waals surface area contributed by atoms with Crippen LogP contribution in [0.5, 0.6) is 0 Å². The second-order valence-electron chi connectivity index (χ2n) is 13.0. The third kappa shape index (κ3) is 8.24. The SMILES string of the molecule is CC(C)C[C@H](NC(=O)[C@@H](CC(=O)c1cccc(-c2ccccc2)n1)[C@H](C)O)[B-]12OC(=O)C[N+]1(CCN(CC(=O)O)CC(=O)O)CC(=O)O2. The number of fused-ring (bicyclic) bond motifs is 1. The fraction of sp³-hybridized carbons (Fsp3) is 0.469. The van der Waals surface area contributed by atoms with Crippen molar-refractivity contribution < 1.29 is 57.8 Å². The van der Waals surface area contributed by atoms with Gasteiger partial charge in [-0.1, -0.05) is 50.2 Å². The van der Waals surface area contributed by atoms with Crippen LogP contribution in [0.15, 0.2) is 48.5 Å². The zero-order valence-corrected chi connectivity index (χ0v) is 27.1. The smallest absolute Gasteiger partial charge is 0.599 e. The summed E-state index contributed by atoms with van der Waals surface area (Å²) in [5.41, 5.74) is 1.46. The predicted octanol–water partition coefficient (Wildman–Crippen LogP) is 0.729. The molecular weight excluding hydrogens is 627 g/mol. The van der Waals surface area contributed by atoms with Crippen molar-refractivity contribution in [3.63, 3.8) is 0 Å². The molecule has 0 bridgehead atoms. The van der Waals surface area contributed by atoms with Gasteiger partial charge in [-0.2, -0.15) is 0 Å². The standard InChI is InChI=1S/C32H41BN4O11/c1-20(2)14-27(33-37(18-30(44)47-33,19-31(45)48-33)13-12-36(16-28(40)41)17-29(42)43)35-32(46)23(21(3)38)15-26(39)25-11-7-10-24(34-25)22-8-5-4-6-9-22/h4-11,20-21,23,27,38H,12-19H2,1-3H3,(H,35,46)(H,40,41)(H,42,43)/t21-,23-,27-,33?,37?/m0/s1. The Hall–Kier alpha value is -4.67. The van der Waals surface area contributed by atoms with Gasteiger partial charge in [0.15, 0.2) is 5.78 Å². The maximum absolute atomic E-state index is 13.9. The molecule has 0 unspecified atom stereocenters. The summed E-state index contributed by atoms with van der Waals surface area (Å²) in [6.45, 7) is -0.00585.